The van der Waals surface area contributed by atoms with E-state index < -0.39 is 0 Å². The van der Waals surface area contributed by atoms with E-state index in [9.17, 15) is 4.79 Å². The molecule has 2 rings (SSSR count). The number of amides is 1. The van der Waals surface area contributed by atoms with Gasteiger partial charge in [0.1, 0.15) is 0 Å². The minimum atomic E-state index is 0.0209. The molecule has 0 bridgehead atoms. The number of nitrogens with zero attached hydrogens (tertiary/aromatic N) is 1. The molecule has 0 atom stereocenters. The number of anilines is 1. The van der Waals surface area contributed by atoms with Crippen molar-refractivity contribution in [1.82, 2.24) is 4.90 Å². The van der Waals surface area contributed by atoms with Crippen LogP contribution < -0.4 is 5.73 Å². The van der Waals surface area contributed by atoms with Gasteiger partial charge < -0.3 is 15.4 Å². The average molecular weight is 262 g/mol. The Morgan fingerprint density at radius 3 is 2.84 bits per heavy atom. The fourth-order valence-electron chi connectivity index (χ4n) is 1.97. The molecule has 0 heterocycles. The molecule has 1 aliphatic carbocycles. The summed E-state index contributed by atoms with van der Waals surface area (Å²) in [7, 11) is 1.80. The number of aryl methyl sites for hydroxylation is 1. The van der Waals surface area contributed by atoms with Gasteiger partial charge in [0.05, 0.1) is 6.61 Å². The van der Waals surface area contributed by atoms with Crippen LogP contribution in [0.1, 0.15) is 28.8 Å². The van der Waals surface area contributed by atoms with Gasteiger partial charge >= 0.3 is 0 Å². The highest BCUT2D eigenvalue weighted by Crippen LogP contribution is 2.28. The first-order valence-electron chi connectivity index (χ1n) is 6.77. The van der Waals surface area contributed by atoms with Crippen LogP contribution in [0.4, 0.5) is 5.69 Å². The smallest absolute Gasteiger partial charge is 0.253 e. The number of hydrogen-bond acceptors (Lipinski definition) is 3. The van der Waals surface area contributed by atoms with Crippen LogP contribution in [0.15, 0.2) is 18.2 Å². The largest absolute Gasteiger partial charge is 0.399 e. The Labute approximate surface area is 114 Å². The Morgan fingerprint density at radius 1 is 1.47 bits per heavy atom. The molecule has 4 nitrogen and oxygen atoms in total. The van der Waals surface area contributed by atoms with E-state index in [1.807, 2.05) is 13.0 Å². The number of hydrogen-bond donors (Lipinski definition) is 1. The highest BCUT2D eigenvalue weighted by molar-refractivity contribution is 5.95. The number of carbonyl (C=O) groups excluding carboxylic acids is 1. The van der Waals surface area contributed by atoms with Gasteiger partial charge in [0, 0.05) is 31.5 Å². The molecule has 0 unspecified atom stereocenters. The van der Waals surface area contributed by atoms with E-state index in [1.54, 1.807) is 24.1 Å². The van der Waals surface area contributed by atoms with Crippen LogP contribution >= 0.6 is 0 Å². The van der Waals surface area contributed by atoms with E-state index in [-0.39, 0.29) is 5.91 Å². The summed E-state index contributed by atoms with van der Waals surface area (Å²) >= 11 is 0. The molecule has 1 aliphatic rings. The average Bonchev–Trinajstić information content (AvgIpc) is 3.17. The third kappa shape index (κ3) is 3.96. The zero-order valence-electron chi connectivity index (χ0n) is 11.7. The van der Waals surface area contributed by atoms with Crippen molar-refractivity contribution in [3.63, 3.8) is 0 Å². The number of rotatable bonds is 6. The number of nitrogen functional groups attached to an aromatic ring is 1. The Hall–Kier alpha value is -1.55. The molecule has 1 fully saturated rings. The topological polar surface area (TPSA) is 55.6 Å². The van der Waals surface area contributed by atoms with Crippen molar-refractivity contribution in [2.75, 3.05) is 32.5 Å². The molecule has 0 saturated heterocycles. The van der Waals surface area contributed by atoms with Gasteiger partial charge in [-0.15, -0.1) is 0 Å². The molecule has 0 aromatic heterocycles. The van der Waals surface area contributed by atoms with Crippen molar-refractivity contribution in [3.05, 3.63) is 29.3 Å². The quantitative estimate of drug-likeness (QED) is 0.631. The Bertz CT molecular complexity index is 455. The van der Waals surface area contributed by atoms with Crippen molar-refractivity contribution in [2.45, 2.75) is 19.8 Å². The summed E-state index contributed by atoms with van der Waals surface area (Å²) < 4.78 is 5.55. The molecule has 1 aromatic rings. The lowest BCUT2D eigenvalue weighted by Gasteiger charge is -2.18. The van der Waals surface area contributed by atoms with Crippen molar-refractivity contribution in [3.8, 4) is 0 Å². The van der Waals surface area contributed by atoms with E-state index in [4.69, 9.17) is 10.5 Å². The van der Waals surface area contributed by atoms with Crippen molar-refractivity contribution in [2.24, 2.45) is 5.92 Å². The second-order valence-electron chi connectivity index (χ2n) is 5.32. The molecule has 4 heteroatoms. The van der Waals surface area contributed by atoms with Crippen LogP contribution in [-0.2, 0) is 4.74 Å². The summed E-state index contributed by atoms with van der Waals surface area (Å²) in [5.41, 5.74) is 8.00. The highest BCUT2D eigenvalue weighted by atomic mass is 16.5. The lowest BCUT2D eigenvalue weighted by atomic mass is 10.1. The molecule has 104 valence electrons. The monoisotopic (exact) mass is 262 g/mol. The molecule has 19 heavy (non-hydrogen) atoms. The van der Waals surface area contributed by atoms with E-state index in [0.717, 1.165) is 18.1 Å². The van der Waals surface area contributed by atoms with Crippen LogP contribution in [0.5, 0.6) is 0 Å². The van der Waals surface area contributed by atoms with Crippen LogP contribution in [0.2, 0.25) is 0 Å². The number of likely N-dealkylation sites (N-methyl/N-ethyl adjacent to an activating group) is 1. The molecule has 1 saturated carbocycles. The van der Waals surface area contributed by atoms with Gasteiger partial charge in [-0.1, -0.05) is 0 Å². The summed E-state index contributed by atoms with van der Waals surface area (Å²) in [4.78, 5) is 13.9. The third-order valence-corrected chi connectivity index (χ3v) is 3.45. The molecular formula is C15H22N2O2. The predicted octanol–water partition coefficient (Wildman–Crippen LogP) is 2.08. The second kappa shape index (κ2) is 6.06. The van der Waals surface area contributed by atoms with Gasteiger partial charge in [-0.25, -0.2) is 0 Å². The standard InChI is InChI=1S/C15H22N2O2/c1-11-9-13(16)5-6-14(11)15(18)17(2)7-8-19-10-12-3-4-12/h5-6,9,12H,3-4,7-8,10,16H2,1-2H3. The van der Waals surface area contributed by atoms with Crippen LogP contribution in [0.25, 0.3) is 0 Å². The fourth-order valence-corrected chi connectivity index (χ4v) is 1.97. The molecule has 2 N–H and O–H groups in total. The first-order valence-corrected chi connectivity index (χ1v) is 6.77. The number of carbonyl (C=O) groups is 1. The minimum absolute atomic E-state index is 0.0209. The van der Waals surface area contributed by atoms with Crippen LogP contribution in [0.3, 0.4) is 0 Å². The predicted molar refractivity (Wildman–Crippen MR) is 76.1 cm³/mol. The summed E-state index contributed by atoms with van der Waals surface area (Å²) in [6.45, 7) is 3.96. The number of nitrogens with two attached hydrogens (primary N) is 1. The highest BCUT2D eigenvalue weighted by Gasteiger charge is 2.21. The van der Waals surface area contributed by atoms with Gasteiger partial charge in [0.2, 0.25) is 0 Å². The molecule has 1 amide bonds. The maximum Gasteiger partial charge on any atom is 0.253 e. The van der Waals surface area contributed by atoms with E-state index >= 15 is 0 Å². The molecule has 0 radical (unpaired) electrons. The van der Waals surface area contributed by atoms with Gasteiger partial charge in [0.25, 0.3) is 5.91 Å². The molecule has 1 aromatic carbocycles. The Balaban J connectivity index is 1.83. The summed E-state index contributed by atoms with van der Waals surface area (Å²) in [6.07, 6.45) is 2.58. The van der Waals surface area contributed by atoms with Gasteiger partial charge in [-0.05, 0) is 49.4 Å². The SMILES string of the molecule is Cc1cc(N)ccc1C(=O)N(C)CCOCC1CC1. The molecular weight excluding hydrogens is 240 g/mol. The lowest BCUT2D eigenvalue weighted by molar-refractivity contribution is 0.0680. The maximum atomic E-state index is 12.2. The fraction of sp³-hybridized carbons (Fsp3) is 0.533. The minimum Gasteiger partial charge on any atom is -0.399 e. The summed E-state index contributed by atoms with van der Waals surface area (Å²) in [5, 5.41) is 0. The summed E-state index contributed by atoms with van der Waals surface area (Å²) in [6, 6.07) is 5.37. The van der Waals surface area contributed by atoms with E-state index in [1.165, 1.54) is 12.8 Å². The zero-order chi connectivity index (χ0) is 13.8. The van der Waals surface area contributed by atoms with E-state index in [2.05, 4.69) is 0 Å². The summed E-state index contributed by atoms with van der Waals surface area (Å²) in [5.74, 6) is 0.785. The van der Waals surface area contributed by atoms with Gasteiger partial charge in [-0.3, -0.25) is 4.79 Å². The number of benzene rings is 1. The molecule has 0 spiro atoms. The molecule has 0 aliphatic heterocycles. The van der Waals surface area contributed by atoms with Crippen LogP contribution in [-0.4, -0.2) is 37.6 Å². The van der Waals surface area contributed by atoms with Crippen molar-refractivity contribution in [1.29, 1.82) is 0 Å². The van der Waals surface area contributed by atoms with Crippen molar-refractivity contribution < 1.29 is 9.53 Å². The lowest BCUT2D eigenvalue weighted by Crippen LogP contribution is -2.30. The van der Waals surface area contributed by atoms with Crippen molar-refractivity contribution >= 4 is 11.6 Å². The van der Waals surface area contributed by atoms with Gasteiger partial charge in [0.15, 0.2) is 0 Å². The zero-order valence-corrected chi connectivity index (χ0v) is 11.7. The first kappa shape index (κ1) is 13.9. The Kier molecular flexibility index (Phi) is 4.43. The number of ether oxygens (including phenoxy) is 1. The maximum absolute atomic E-state index is 12.2. The second-order valence-corrected chi connectivity index (χ2v) is 5.32. The first-order chi connectivity index (χ1) is 9.08. The van der Waals surface area contributed by atoms with E-state index in [0.29, 0.717) is 24.4 Å². The third-order valence-electron chi connectivity index (χ3n) is 3.45. The normalized spacial score (nSPS) is 14.4. The van der Waals surface area contributed by atoms with Gasteiger partial charge in [-0.2, -0.15) is 0 Å². The van der Waals surface area contributed by atoms with Crippen LogP contribution in [0, 0.1) is 12.8 Å². The Morgan fingerprint density at radius 2 is 2.21 bits per heavy atom.